The summed E-state index contributed by atoms with van der Waals surface area (Å²) in [6, 6.07) is 4.70. The molecule has 1 saturated heterocycles. The summed E-state index contributed by atoms with van der Waals surface area (Å²) in [4.78, 5) is 12.1. The molecule has 0 aromatic heterocycles. The number of hydrogen-bond donors (Lipinski definition) is 2. The molecule has 1 aromatic carbocycles. The molecule has 2 aliphatic rings. The van der Waals surface area contributed by atoms with Crippen LogP contribution in [0.1, 0.15) is 43.9 Å². The third kappa shape index (κ3) is 3.87. The van der Waals surface area contributed by atoms with Gasteiger partial charge in [-0.3, -0.25) is 0 Å². The molecule has 132 valence electrons. The summed E-state index contributed by atoms with van der Waals surface area (Å²) in [5.74, 6) is -0.498. The maximum atomic E-state index is 13.7. The first-order valence-corrected chi connectivity index (χ1v) is 8.56. The van der Waals surface area contributed by atoms with E-state index in [4.69, 9.17) is 9.47 Å². The number of benzene rings is 1. The van der Waals surface area contributed by atoms with Gasteiger partial charge in [0.15, 0.2) is 5.79 Å². The van der Waals surface area contributed by atoms with Crippen molar-refractivity contribution in [3.63, 3.8) is 0 Å². The van der Waals surface area contributed by atoms with E-state index in [2.05, 4.69) is 17.6 Å². The maximum absolute atomic E-state index is 13.7. The van der Waals surface area contributed by atoms with Gasteiger partial charge in [-0.1, -0.05) is 19.1 Å². The number of carbonyl (C=O) groups is 1. The first-order chi connectivity index (χ1) is 11.5. The Bertz CT molecular complexity index is 602. The molecule has 1 aliphatic heterocycles. The van der Waals surface area contributed by atoms with Crippen LogP contribution in [0.4, 0.5) is 9.18 Å². The largest absolute Gasteiger partial charge is 0.348 e. The van der Waals surface area contributed by atoms with Crippen LogP contribution in [0.15, 0.2) is 18.2 Å². The van der Waals surface area contributed by atoms with Crippen LogP contribution in [0.3, 0.4) is 0 Å². The summed E-state index contributed by atoms with van der Waals surface area (Å²) >= 11 is 0. The highest BCUT2D eigenvalue weighted by Gasteiger charge is 2.32. The lowest BCUT2D eigenvalue weighted by molar-refractivity contribution is -0.153. The normalized spacial score (nSPS) is 22.9. The van der Waals surface area contributed by atoms with Gasteiger partial charge in [-0.05, 0) is 42.9 Å². The summed E-state index contributed by atoms with van der Waals surface area (Å²) < 4.78 is 24.9. The average molecular weight is 336 g/mol. The van der Waals surface area contributed by atoms with Crippen molar-refractivity contribution in [3.8, 4) is 0 Å². The van der Waals surface area contributed by atoms with E-state index >= 15 is 0 Å². The van der Waals surface area contributed by atoms with Crippen molar-refractivity contribution in [1.82, 2.24) is 10.6 Å². The van der Waals surface area contributed by atoms with Crippen molar-refractivity contribution in [2.75, 3.05) is 19.8 Å². The first kappa shape index (κ1) is 17.2. The zero-order valence-corrected chi connectivity index (χ0v) is 14.2. The Labute approximate surface area is 141 Å². The maximum Gasteiger partial charge on any atom is 0.315 e. The number of nitrogens with one attached hydrogen (secondary N) is 2. The Kier molecular flexibility index (Phi) is 5.06. The molecule has 1 fully saturated rings. The Morgan fingerprint density at radius 3 is 2.92 bits per heavy atom. The fourth-order valence-corrected chi connectivity index (χ4v) is 3.62. The summed E-state index contributed by atoms with van der Waals surface area (Å²) in [5.41, 5.74) is 1.61. The van der Waals surface area contributed by atoms with E-state index in [1.807, 2.05) is 13.0 Å². The van der Waals surface area contributed by atoms with E-state index in [1.54, 1.807) is 6.07 Å². The predicted octanol–water partition coefficient (Wildman–Crippen LogP) is 2.90. The predicted molar refractivity (Wildman–Crippen MR) is 88.1 cm³/mol. The van der Waals surface area contributed by atoms with Crippen LogP contribution in [0.5, 0.6) is 0 Å². The summed E-state index contributed by atoms with van der Waals surface area (Å²) in [5, 5.41) is 5.83. The molecule has 1 aliphatic carbocycles. The van der Waals surface area contributed by atoms with Crippen molar-refractivity contribution in [1.29, 1.82) is 0 Å². The standard InChI is InChI=1S/C18H25FN2O3/c1-12(10-18(2)23-8-9-24-18)11-20-17(22)21-16-7-6-13-14(16)4-3-5-15(13)19/h3-5,12,16H,6-11H2,1-2H3,(H2,20,21,22). The fourth-order valence-electron chi connectivity index (χ4n) is 3.62. The second kappa shape index (κ2) is 7.07. The van der Waals surface area contributed by atoms with Gasteiger partial charge in [0, 0.05) is 13.0 Å². The van der Waals surface area contributed by atoms with Gasteiger partial charge in [-0.2, -0.15) is 0 Å². The van der Waals surface area contributed by atoms with Crippen LogP contribution < -0.4 is 10.6 Å². The van der Waals surface area contributed by atoms with Gasteiger partial charge in [0.1, 0.15) is 5.82 Å². The van der Waals surface area contributed by atoms with Crippen molar-refractivity contribution in [2.24, 2.45) is 5.92 Å². The van der Waals surface area contributed by atoms with E-state index < -0.39 is 5.79 Å². The third-order valence-electron chi connectivity index (χ3n) is 4.75. The minimum atomic E-state index is -0.542. The zero-order valence-electron chi connectivity index (χ0n) is 14.2. The van der Waals surface area contributed by atoms with Gasteiger partial charge in [0.05, 0.1) is 19.3 Å². The van der Waals surface area contributed by atoms with Crippen LogP contribution in [-0.2, 0) is 15.9 Å². The van der Waals surface area contributed by atoms with Crippen LogP contribution >= 0.6 is 0 Å². The highest BCUT2D eigenvalue weighted by Crippen LogP contribution is 2.32. The number of ether oxygens (including phenoxy) is 2. The number of amides is 2. The minimum Gasteiger partial charge on any atom is -0.348 e. The fraction of sp³-hybridized carbons (Fsp3) is 0.611. The number of halogens is 1. The van der Waals surface area contributed by atoms with Crippen molar-refractivity contribution in [2.45, 2.75) is 44.9 Å². The number of carbonyl (C=O) groups excluding carboxylic acids is 1. The average Bonchev–Trinajstić information content (AvgIpc) is 3.13. The Hall–Kier alpha value is -1.66. The molecule has 0 radical (unpaired) electrons. The number of urea groups is 1. The first-order valence-electron chi connectivity index (χ1n) is 8.56. The van der Waals surface area contributed by atoms with Crippen LogP contribution in [-0.4, -0.2) is 31.6 Å². The lowest BCUT2D eigenvalue weighted by Gasteiger charge is -2.26. The number of hydrogen-bond acceptors (Lipinski definition) is 3. The molecule has 0 spiro atoms. The van der Waals surface area contributed by atoms with Crippen LogP contribution in [0.2, 0.25) is 0 Å². The lowest BCUT2D eigenvalue weighted by Crippen LogP contribution is -2.40. The van der Waals surface area contributed by atoms with Gasteiger partial charge < -0.3 is 20.1 Å². The third-order valence-corrected chi connectivity index (χ3v) is 4.75. The van der Waals surface area contributed by atoms with Crippen molar-refractivity contribution >= 4 is 6.03 Å². The SMILES string of the molecule is CC(CNC(=O)NC1CCc2c(F)cccc21)CC1(C)OCCO1. The monoisotopic (exact) mass is 336 g/mol. The van der Waals surface area contributed by atoms with Crippen molar-refractivity contribution < 1.29 is 18.7 Å². The lowest BCUT2D eigenvalue weighted by atomic mass is 10.0. The van der Waals surface area contributed by atoms with E-state index in [9.17, 15) is 9.18 Å². The highest BCUT2D eigenvalue weighted by atomic mass is 19.1. The molecule has 1 heterocycles. The minimum absolute atomic E-state index is 0.120. The second-order valence-electron chi connectivity index (χ2n) is 6.89. The van der Waals surface area contributed by atoms with E-state index in [1.165, 1.54) is 6.07 Å². The smallest absolute Gasteiger partial charge is 0.315 e. The zero-order chi connectivity index (χ0) is 17.2. The number of fused-ring (bicyclic) bond motifs is 1. The molecule has 2 N–H and O–H groups in total. The molecule has 2 atom stereocenters. The Morgan fingerprint density at radius 2 is 2.17 bits per heavy atom. The molecule has 1 aromatic rings. The molecule has 0 bridgehead atoms. The van der Waals surface area contributed by atoms with Crippen LogP contribution in [0, 0.1) is 11.7 Å². The molecule has 2 unspecified atom stereocenters. The Morgan fingerprint density at radius 1 is 1.42 bits per heavy atom. The van der Waals surface area contributed by atoms with Gasteiger partial charge in [-0.25, -0.2) is 9.18 Å². The van der Waals surface area contributed by atoms with E-state index in [0.29, 0.717) is 26.2 Å². The van der Waals surface area contributed by atoms with Crippen LogP contribution in [0.25, 0.3) is 0 Å². The molecular weight excluding hydrogens is 311 g/mol. The summed E-state index contributed by atoms with van der Waals surface area (Å²) in [6.45, 7) is 5.76. The quantitative estimate of drug-likeness (QED) is 0.869. The van der Waals surface area contributed by atoms with Gasteiger partial charge >= 0.3 is 6.03 Å². The molecule has 5 nitrogen and oxygen atoms in total. The van der Waals surface area contributed by atoms with Gasteiger partial charge in [-0.15, -0.1) is 0 Å². The molecule has 6 heteroatoms. The topological polar surface area (TPSA) is 59.6 Å². The Balaban J connectivity index is 1.46. The van der Waals surface area contributed by atoms with Crippen molar-refractivity contribution in [3.05, 3.63) is 35.1 Å². The van der Waals surface area contributed by atoms with E-state index in [0.717, 1.165) is 24.0 Å². The van der Waals surface area contributed by atoms with Gasteiger partial charge in [0.25, 0.3) is 0 Å². The molecule has 3 rings (SSSR count). The summed E-state index contributed by atoms with van der Waals surface area (Å²) in [6.07, 6.45) is 2.13. The molecule has 2 amide bonds. The molecule has 24 heavy (non-hydrogen) atoms. The second-order valence-corrected chi connectivity index (χ2v) is 6.89. The van der Waals surface area contributed by atoms with E-state index in [-0.39, 0.29) is 23.8 Å². The molecule has 0 saturated carbocycles. The van der Waals surface area contributed by atoms with Gasteiger partial charge in [0.2, 0.25) is 0 Å². The number of rotatable bonds is 5. The highest BCUT2D eigenvalue weighted by molar-refractivity contribution is 5.74. The molecular formula is C18H25FN2O3. The summed E-state index contributed by atoms with van der Waals surface area (Å²) in [7, 11) is 0.